The Hall–Kier alpha value is -0.670. The molecule has 0 aliphatic carbocycles. The summed E-state index contributed by atoms with van der Waals surface area (Å²) in [4.78, 5) is 11.2. The van der Waals surface area contributed by atoms with Crippen LogP contribution in [0.1, 0.15) is 13.8 Å². The summed E-state index contributed by atoms with van der Waals surface area (Å²) < 4.78 is 5.10. The zero-order valence-electron chi connectivity index (χ0n) is 6.89. The fraction of sp³-hybridized carbons (Fsp3) is 0.625. The number of carbonyl (C=O) groups excluding carboxylic acids is 1. The third-order valence-corrected chi connectivity index (χ3v) is 1.81. The molecule has 1 fully saturated rings. The van der Waals surface area contributed by atoms with Crippen LogP contribution in [0, 0.1) is 0 Å². The van der Waals surface area contributed by atoms with Crippen molar-refractivity contribution in [2.45, 2.75) is 25.6 Å². The Morgan fingerprint density at radius 2 is 2.45 bits per heavy atom. The Morgan fingerprint density at radius 1 is 1.82 bits per heavy atom. The molecule has 0 saturated carbocycles. The standard InChI is InChI=1S/C8H13NO2/c1-4-7-9-8(2,3)6(10)5-11-7/h4,7,9H,1,5H2,2-3H3. The third-order valence-electron chi connectivity index (χ3n) is 1.81. The molecule has 0 bridgehead atoms. The summed E-state index contributed by atoms with van der Waals surface area (Å²) in [7, 11) is 0. The number of ketones is 1. The van der Waals surface area contributed by atoms with E-state index in [9.17, 15) is 4.79 Å². The van der Waals surface area contributed by atoms with Gasteiger partial charge in [0.25, 0.3) is 0 Å². The molecular formula is C8H13NO2. The van der Waals surface area contributed by atoms with E-state index in [1.807, 2.05) is 13.8 Å². The summed E-state index contributed by atoms with van der Waals surface area (Å²) in [5.41, 5.74) is -0.475. The molecule has 0 amide bonds. The predicted molar refractivity (Wildman–Crippen MR) is 42.2 cm³/mol. The second-order valence-corrected chi connectivity index (χ2v) is 3.16. The SMILES string of the molecule is C=CC1NC(C)(C)C(=O)CO1. The molecule has 62 valence electrons. The van der Waals surface area contributed by atoms with Crippen LogP contribution in [0.25, 0.3) is 0 Å². The first kappa shape index (κ1) is 8.43. The van der Waals surface area contributed by atoms with Crippen LogP contribution >= 0.6 is 0 Å². The van der Waals surface area contributed by atoms with E-state index in [4.69, 9.17) is 4.74 Å². The molecule has 0 aromatic heterocycles. The van der Waals surface area contributed by atoms with Crippen molar-refractivity contribution in [1.29, 1.82) is 0 Å². The highest BCUT2D eigenvalue weighted by Crippen LogP contribution is 2.12. The normalized spacial score (nSPS) is 30.0. The van der Waals surface area contributed by atoms with Crippen molar-refractivity contribution in [3.05, 3.63) is 12.7 Å². The van der Waals surface area contributed by atoms with Gasteiger partial charge in [-0.2, -0.15) is 0 Å². The van der Waals surface area contributed by atoms with Crippen LogP contribution in [0.2, 0.25) is 0 Å². The maximum absolute atomic E-state index is 11.2. The molecule has 1 unspecified atom stereocenters. The number of carbonyl (C=O) groups is 1. The fourth-order valence-corrected chi connectivity index (χ4v) is 0.951. The van der Waals surface area contributed by atoms with Crippen molar-refractivity contribution < 1.29 is 9.53 Å². The van der Waals surface area contributed by atoms with E-state index >= 15 is 0 Å². The predicted octanol–water partition coefficient (Wildman–Crippen LogP) is 0.466. The molecule has 0 aromatic rings. The number of hydrogen-bond acceptors (Lipinski definition) is 3. The number of hydrogen-bond donors (Lipinski definition) is 1. The second-order valence-electron chi connectivity index (χ2n) is 3.16. The largest absolute Gasteiger partial charge is 0.352 e. The van der Waals surface area contributed by atoms with Gasteiger partial charge in [0.2, 0.25) is 0 Å². The van der Waals surface area contributed by atoms with Gasteiger partial charge in [0.05, 0.1) is 5.54 Å². The topological polar surface area (TPSA) is 38.3 Å². The minimum absolute atomic E-state index is 0.0793. The Kier molecular flexibility index (Phi) is 2.11. The molecule has 1 N–H and O–H groups in total. The van der Waals surface area contributed by atoms with Crippen LogP contribution < -0.4 is 5.32 Å². The third kappa shape index (κ3) is 1.67. The van der Waals surface area contributed by atoms with Gasteiger partial charge in [-0.1, -0.05) is 6.58 Å². The van der Waals surface area contributed by atoms with Crippen molar-refractivity contribution in [1.82, 2.24) is 5.32 Å². The number of Topliss-reactive ketones (excluding diaryl/α,β-unsaturated/α-hetero) is 1. The Balaban J connectivity index is 2.66. The summed E-state index contributed by atoms with van der Waals surface area (Å²) in [5, 5.41) is 3.00. The molecule has 3 nitrogen and oxygen atoms in total. The van der Waals surface area contributed by atoms with Crippen LogP contribution in [0.4, 0.5) is 0 Å². The first-order valence-corrected chi connectivity index (χ1v) is 3.61. The molecule has 0 spiro atoms. The van der Waals surface area contributed by atoms with Gasteiger partial charge in [-0.25, -0.2) is 0 Å². The van der Waals surface area contributed by atoms with E-state index in [0.717, 1.165) is 0 Å². The van der Waals surface area contributed by atoms with E-state index in [2.05, 4.69) is 11.9 Å². The average Bonchev–Trinajstić information content (AvgIpc) is 1.95. The van der Waals surface area contributed by atoms with Gasteiger partial charge < -0.3 is 4.74 Å². The Labute approximate surface area is 66.4 Å². The van der Waals surface area contributed by atoms with Gasteiger partial charge in [0.1, 0.15) is 12.8 Å². The van der Waals surface area contributed by atoms with Crippen LogP contribution in [0.15, 0.2) is 12.7 Å². The lowest BCUT2D eigenvalue weighted by molar-refractivity contribution is -0.139. The highest BCUT2D eigenvalue weighted by atomic mass is 16.5. The molecule has 1 aliphatic rings. The summed E-state index contributed by atoms with van der Waals surface area (Å²) in [5.74, 6) is 0.0793. The maximum atomic E-state index is 11.2. The molecule has 3 heteroatoms. The van der Waals surface area contributed by atoms with Crippen molar-refractivity contribution in [3.63, 3.8) is 0 Å². The van der Waals surface area contributed by atoms with Crippen LogP contribution in [0.3, 0.4) is 0 Å². The molecule has 0 radical (unpaired) electrons. The molecule has 1 atom stereocenters. The maximum Gasteiger partial charge on any atom is 0.178 e. The average molecular weight is 155 g/mol. The van der Waals surface area contributed by atoms with Gasteiger partial charge >= 0.3 is 0 Å². The van der Waals surface area contributed by atoms with Gasteiger partial charge in [0, 0.05) is 0 Å². The summed E-state index contributed by atoms with van der Waals surface area (Å²) >= 11 is 0. The summed E-state index contributed by atoms with van der Waals surface area (Å²) in [6, 6.07) is 0. The van der Waals surface area contributed by atoms with Crippen molar-refractivity contribution in [3.8, 4) is 0 Å². The van der Waals surface area contributed by atoms with Gasteiger partial charge in [-0.05, 0) is 19.9 Å². The zero-order chi connectivity index (χ0) is 8.48. The van der Waals surface area contributed by atoms with Gasteiger partial charge in [0.15, 0.2) is 5.78 Å². The quantitative estimate of drug-likeness (QED) is 0.559. The number of rotatable bonds is 1. The van der Waals surface area contributed by atoms with E-state index < -0.39 is 5.54 Å². The minimum Gasteiger partial charge on any atom is -0.352 e. The lowest BCUT2D eigenvalue weighted by Crippen LogP contribution is -2.57. The molecule has 1 aliphatic heterocycles. The molecule has 11 heavy (non-hydrogen) atoms. The monoisotopic (exact) mass is 155 g/mol. The molecular weight excluding hydrogens is 142 g/mol. The van der Waals surface area contributed by atoms with Gasteiger partial charge in [-0.3, -0.25) is 10.1 Å². The van der Waals surface area contributed by atoms with Crippen molar-refractivity contribution >= 4 is 5.78 Å². The summed E-state index contributed by atoms with van der Waals surface area (Å²) in [6.07, 6.45) is 1.46. The molecule has 1 heterocycles. The molecule has 0 aromatic carbocycles. The Morgan fingerprint density at radius 3 is 2.91 bits per heavy atom. The number of ether oxygens (including phenoxy) is 1. The van der Waals surface area contributed by atoms with E-state index in [-0.39, 0.29) is 18.6 Å². The Bertz CT molecular complexity index is 187. The zero-order valence-corrected chi connectivity index (χ0v) is 6.89. The lowest BCUT2D eigenvalue weighted by Gasteiger charge is -2.34. The highest BCUT2D eigenvalue weighted by Gasteiger charge is 2.33. The highest BCUT2D eigenvalue weighted by molar-refractivity contribution is 5.89. The van der Waals surface area contributed by atoms with Crippen LogP contribution in [0.5, 0.6) is 0 Å². The second kappa shape index (κ2) is 2.75. The molecule has 1 rings (SSSR count). The number of nitrogens with one attached hydrogen (secondary N) is 1. The first-order chi connectivity index (χ1) is 5.06. The van der Waals surface area contributed by atoms with Crippen LogP contribution in [-0.2, 0) is 9.53 Å². The van der Waals surface area contributed by atoms with Crippen molar-refractivity contribution in [2.24, 2.45) is 0 Å². The molecule has 1 saturated heterocycles. The lowest BCUT2D eigenvalue weighted by atomic mass is 9.98. The van der Waals surface area contributed by atoms with E-state index in [1.165, 1.54) is 0 Å². The first-order valence-electron chi connectivity index (χ1n) is 3.61. The smallest absolute Gasteiger partial charge is 0.178 e. The fourth-order valence-electron chi connectivity index (χ4n) is 0.951. The van der Waals surface area contributed by atoms with E-state index in [0.29, 0.717) is 0 Å². The van der Waals surface area contributed by atoms with E-state index in [1.54, 1.807) is 6.08 Å². The summed E-state index contributed by atoms with van der Waals surface area (Å²) in [6.45, 7) is 7.44. The van der Waals surface area contributed by atoms with Crippen molar-refractivity contribution in [2.75, 3.05) is 6.61 Å². The van der Waals surface area contributed by atoms with Gasteiger partial charge in [-0.15, -0.1) is 0 Å². The minimum atomic E-state index is -0.475. The van der Waals surface area contributed by atoms with Crippen LogP contribution in [-0.4, -0.2) is 24.2 Å².